The number of anilines is 2. The molecule has 2 N–H and O–H groups in total. The normalized spacial score (nSPS) is 11.2. The highest BCUT2D eigenvalue weighted by molar-refractivity contribution is 5.58. The van der Waals surface area contributed by atoms with Crippen molar-refractivity contribution in [2.24, 2.45) is 0 Å². The molecule has 0 bridgehead atoms. The molecule has 7 nitrogen and oxygen atoms in total. The molecule has 0 aliphatic heterocycles. The first-order valence-corrected chi connectivity index (χ1v) is 7.05. The summed E-state index contributed by atoms with van der Waals surface area (Å²) in [4.78, 5) is 18.8. The van der Waals surface area contributed by atoms with Crippen LogP contribution in [0.4, 0.5) is 17.5 Å². The van der Waals surface area contributed by atoms with Gasteiger partial charge in [0.1, 0.15) is 6.20 Å². The summed E-state index contributed by atoms with van der Waals surface area (Å²) in [7, 11) is 0. The standard InChI is InChI=1S/C13H23N5O2/c1-5-13(6-2,7-3)17-11-10(18(19)20)9-15-12(16-11)14-8-4/h9H,5-8H2,1-4H3,(H2,14,15,16,17). The number of nitrogens with one attached hydrogen (secondary N) is 2. The van der Waals surface area contributed by atoms with Gasteiger partial charge < -0.3 is 10.6 Å². The van der Waals surface area contributed by atoms with Gasteiger partial charge in [0.05, 0.1) is 4.92 Å². The van der Waals surface area contributed by atoms with Crippen LogP contribution >= 0.6 is 0 Å². The molecule has 1 aromatic heterocycles. The number of aromatic nitrogens is 2. The molecule has 1 rings (SSSR count). The van der Waals surface area contributed by atoms with Gasteiger partial charge in [0.25, 0.3) is 0 Å². The van der Waals surface area contributed by atoms with Gasteiger partial charge in [-0.3, -0.25) is 10.1 Å². The second-order valence-electron chi connectivity index (χ2n) is 4.68. The van der Waals surface area contributed by atoms with Gasteiger partial charge in [0, 0.05) is 12.1 Å². The third kappa shape index (κ3) is 3.55. The molecule has 0 saturated heterocycles. The van der Waals surface area contributed by atoms with Crippen molar-refractivity contribution in [3.05, 3.63) is 16.3 Å². The largest absolute Gasteiger partial charge is 0.359 e. The van der Waals surface area contributed by atoms with Crippen LogP contribution in [-0.4, -0.2) is 27.0 Å². The maximum atomic E-state index is 11.1. The fourth-order valence-electron chi connectivity index (χ4n) is 2.11. The highest BCUT2D eigenvalue weighted by Gasteiger charge is 2.28. The van der Waals surface area contributed by atoms with Gasteiger partial charge in [-0.15, -0.1) is 0 Å². The summed E-state index contributed by atoms with van der Waals surface area (Å²) in [5.41, 5.74) is -0.269. The number of nitrogens with zero attached hydrogens (tertiary/aromatic N) is 3. The minimum absolute atomic E-state index is 0.0913. The average Bonchev–Trinajstić information content (AvgIpc) is 2.45. The van der Waals surface area contributed by atoms with E-state index in [0.29, 0.717) is 12.5 Å². The van der Waals surface area contributed by atoms with Crippen LogP contribution in [-0.2, 0) is 0 Å². The van der Waals surface area contributed by atoms with E-state index in [2.05, 4.69) is 41.4 Å². The van der Waals surface area contributed by atoms with Crippen LogP contribution in [0.25, 0.3) is 0 Å². The van der Waals surface area contributed by atoms with E-state index in [1.54, 1.807) is 0 Å². The Labute approximate surface area is 119 Å². The van der Waals surface area contributed by atoms with Gasteiger partial charge in [-0.05, 0) is 26.2 Å². The maximum absolute atomic E-state index is 11.1. The maximum Gasteiger partial charge on any atom is 0.329 e. The summed E-state index contributed by atoms with van der Waals surface area (Å²) in [6, 6.07) is 0. The molecule has 0 spiro atoms. The van der Waals surface area contributed by atoms with Gasteiger partial charge in [-0.1, -0.05) is 20.8 Å². The van der Waals surface area contributed by atoms with Crippen LogP contribution in [0.15, 0.2) is 6.20 Å². The van der Waals surface area contributed by atoms with Crippen molar-refractivity contribution in [1.29, 1.82) is 0 Å². The van der Waals surface area contributed by atoms with Gasteiger partial charge in [0.15, 0.2) is 0 Å². The molecule has 0 aromatic carbocycles. The fraction of sp³-hybridized carbons (Fsp3) is 0.692. The Morgan fingerprint density at radius 1 is 1.25 bits per heavy atom. The van der Waals surface area contributed by atoms with Gasteiger partial charge in [0.2, 0.25) is 11.8 Å². The molecule has 20 heavy (non-hydrogen) atoms. The third-order valence-electron chi connectivity index (χ3n) is 3.71. The van der Waals surface area contributed by atoms with Crippen LogP contribution in [0.3, 0.4) is 0 Å². The molecule has 1 heterocycles. The molecule has 0 radical (unpaired) electrons. The average molecular weight is 281 g/mol. The van der Waals surface area contributed by atoms with Crippen molar-refractivity contribution in [1.82, 2.24) is 9.97 Å². The number of hydrogen-bond acceptors (Lipinski definition) is 6. The Morgan fingerprint density at radius 3 is 2.30 bits per heavy atom. The number of nitro groups is 1. The molecule has 1 aromatic rings. The second-order valence-corrected chi connectivity index (χ2v) is 4.68. The molecule has 0 unspecified atom stereocenters. The monoisotopic (exact) mass is 281 g/mol. The zero-order chi connectivity index (χ0) is 15.2. The summed E-state index contributed by atoms with van der Waals surface area (Å²) in [5, 5.41) is 17.3. The smallest absolute Gasteiger partial charge is 0.329 e. The van der Waals surface area contributed by atoms with Crippen LogP contribution in [0.2, 0.25) is 0 Å². The van der Waals surface area contributed by atoms with E-state index in [9.17, 15) is 10.1 Å². The summed E-state index contributed by atoms with van der Waals surface area (Å²) in [6.45, 7) is 8.79. The molecule has 7 heteroatoms. The van der Waals surface area contributed by atoms with Crippen LogP contribution in [0.5, 0.6) is 0 Å². The number of rotatable bonds is 8. The van der Waals surface area contributed by atoms with Gasteiger partial charge >= 0.3 is 5.69 Å². The minimum atomic E-state index is -0.455. The lowest BCUT2D eigenvalue weighted by Crippen LogP contribution is -2.36. The van der Waals surface area contributed by atoms with Crippen LogP contribution in [0, 0.1) is 10.1 Å². The molecule has 0 amide bonds. The molecule has 0 aliphatic carbocycles. The molecular formula is C13H23N5O2. The summed E-state index contributed by atoms with van der Waals surface area (Å²) in [5.74, 6) is 0.685. The van der Waals surface area contributed by atoms with E-state index in [4.69, 9.17) is 0 Å². The molecule has 0 fully saturated rings. The molecule has 0 saturated carbocycles. The molecule has 0 atom stereocenters. The Hall–Kier alpha value is -1.92. The van der Waals surface area contributed by atoms with E-state index in [-0.39, 0.29) is 17.0 Å². The molecular weight excluding hydrogens is 258 g/mol. The Morgan fingerprint density at radius 2 is 1.85 bits per heavy atom. The van der Waals surface area contributed by atoms with E-state index >= 15 is 0 Å². The van der Waals surface area contributed by atoms with Crippen LogP contribution in [0.1, 0.15) is 47.0 Å². The Kier molecular flexibility index (Phi) is 5.66. The topological polar surface area (TPSA) is 93.0 Å². The van der Waals surface area contributed by atoms with Crippen LogP contribution < -0.4 is 10.6 Å². The zero-order valence-corrected chi connectivity index (χ0v) is 12.6. The SMILES string of the molecule is CCNc1ncc([N+](=O)[O-])c(NC(CC)(CC)CC)n1. The molecule has 0 aliphatic rings. The number of hydrogen-bond donors (Lipinski definition) is 2. The van der Waals surface area contributed by atoms with Crippen molar-refractivity contribution in [2.45, 2.75) is 52.5 Å². The van der Waals surface area contributed by atoms with E-state index in [0.717, 1.165) is 19.3 Å². The Bertz CT molecular complexity index is 452. The van der Waals surface area contributed by atoms with E-state index < -0.39 is 4.92 Å². The lowest BCUT2D eigenvalue weighted by molar-refractivity contribution is -0.384. The van der Waals surface area contributed by atoms with Crippen molar-refractivity contribution < 1.29 is 4.92 Å². The first-order valence-electron chi connectivity index (χ1n) is 7.05. The lowest BCUT2D eigenvalue weighted by atomic mass is 9.90. The summed E-state index contributed by atoms with van der Waals surface area (Å²) in [6.07, 6.45) is 3.87. The van der Waals surface area contributed by atoms with Crippen molar-refractivity contribution in [2.75, 3.05) is 17.2 Å². The van der Waals surface area contributed by atoms with Crippen molar-refractivity contribution >= 4 is 17.5 Å². The summed E-state index contributed by atoms with van der Waals surface area (Å²) < 4.78 is 0. The van der Waals surface area contributed by atoms with E-state index in [1.165, 1.54) is 6.20 Å². The van der Waals surface area contributed by atoms with Gasteiger partial charge in [-0.2, -0.15) is 4.98 Å². The zero-order valence-electron chi connectivity index (χ0n) is 12.6. The third-order valence-corrected chi connectivity index (χ3v) is 3.71. The van der Waals surface area contributed by atoms with Crippen molar-refractivity contribution in [3.8, 4) is 0 Å². The predicted octanol–water partition coefficient (Wildman–Crippen LogP) is 3.20. The molecule has 112 valence electrons. The Balaban J connectivity index is 3.18. The quantitative estimate of drug-likeness (QED) is 0.561. The van der Waals surface area contributed by atoms with Gasteiger partial charge in [-0.25, -0.2) is 4.98 Å². The van der Waals surface area contributed by atoms with Crippen molar-refractivity contribution in [3.63, 3.8) is 0 Å². The second kappa shape index (κ2) is 7.02. The predicted molar refractivity (Wildman–Crippen MR) is 80.1 cm³/mol. The first kappa shape index (κ1) is 16.1. The highest BCUT2D eigenvalue weighted by atomic mass is 16.6. The summed E-state index contributed by atoms with van der Waals surface area (Å²) >= 11 is 0. The first-order chi connectivity index (χ1) is 9.51. The lowest BCUT2D eigenvalue weighted by Gasteiger charge is -2.32. The fourth-order valence-corrected chi connectivity index (χ4v) is 2.11. The minimum Gasteiger partial charge on any atom is -0.359 e. The highest BCUT2D eigenvalue weighted by Crippen LogP contribution is 2.30. The van der Waals surface area contributed by atoms with E-state index in [1.807, 2.05) is 6.92 Å².